The van der Waals surface area contributed by atoms with Crippen molar-refractivity contribution in [3.05, 3.63) is 59.3 Å². The van der Waals surface area contributed by atoms with Crippen molar-refractivity contribution < 1.29 is 23.2 Å². The van der Waals surface area contributed by atoms with E-state index < -0.39 is 29.4 Å². The number of halogens is 2. The summed E-state index contributed by atoms with van der Waals surface area (Å²) < 4.78 is 26.8. The predicted octanol–water partition coefficient (Wildman–Crippen LogP) is 2.24. The molecule has 3 rings (SSSR count). The monoisotopic (exact) mass is 320 g/mol. The minimum absolute atomic E-state index is 0.101. The molecule has 1 unspecified atom stereocenters. The molecule has 23 heavy (non-hydrogen) atoms. The Kier molecular flexibility index (Phi) is 4.20. The van der Waals surface area contributed by atoms with Crippen molar-refractivity contribution in [3.63, 3.8) is 0 Å². The lowest BCUT2D eigenvalue weighted by Crippen LogP contribution is -2.35. The van der Waals surface area contributed by atoms with E-state index in [1.807, 2.05) is 0 Å². The molecule has 1 atom stereocenters. The van der Waals surface area contributed by atoms with Gasteiger partial charge in [0.25, 0.3) is 0 Å². The lowest BCUT2D eigenvalue weighted by molar-refractivity contribution is -0.139. The summed E-state index contributed by atoms with van der Waals surface area (Å²) in [6.45, 7) is -0.0977. The van der Waals surface area contributed by atoms with Gasteiger partial charge >= 0.3 is 5.97 Å². The summed E-state index contributed by atoms with van der Waals surface area (Å²) in [5, 5.41) is 3.70. The standard InChI is InChI=1S/C16H14F2N2O3/c17-12-6-11-8-20(9-15(21)19-14(11)7-13(12)18)23-16(22)10-4-2-1-3-5-10/h1-5,7,11H,6,8-9H2,(H,19,21). The lowest BCUT2D eigenvalue weighted by Gasteiger charge is -2.24. The quantitative estimate of drug-likeness (QED) is 0.908. The van der Waals surface area contributed by atoms with Gasteiger partial charge < -0.3 is 10.2 Å². The van der Waals surface area contributed by atoms with Crippen LogP contribution in [-0.4, -0.2) is 30.0 Å². The minimum atomic E-state index is -0.980. The van der Waals surface area contributed by atoms with E-state index in [1.54, 1.807) is 30.3 Å². The maximum atomic E-state index is 13.5. The first-order chi connectivity index (χ1) is 11.0. The molecule has 5 nitrogen and oxygen atoms in total. The highest BCUT2D eigenvalue weighted by molar-refractivity contribution is 5.89. The van der Waals surface area contributed by atoms with Gasteiger partial charge in [0.15, 0.2) is 5.83 Å². The highest BCUT2D eigenvalue weighted by Crippen LogP contribution is 2.31. The van der Waals surface area contributed by atoms with Gasteiger partial charge in [0.1, 0.15) is 12.4 Å². The van der Waals surface area contributed by atoms with Crippen molar-refractivity contribution in [3.8, 4) is 0 Å². The van der Waals surface area contributed by atoms with Crippen LogP contribution < -0.4 is 5.32 Å². The first kappa shape index (κ1) is 15.4. The lowest BCUT2D eigenvalue weighted by atomic mass is 9.95. The SMILES string of the molecule is O=C1CN(OC(=O)c2ccccc2)CC2CC(F)=C(F)C=C2N1. The average molecular weight is 320 g/mol. The minimum Gasteiger partial charge on any atom is -0.363 e. The van der Waals surface area contributed by atoms with Crippen LogP contribution in [0.1, 0.15) is 16.8 Å². The Morgan fingerprint density at radius 2 is 2.00 bits per heavy atom. The molecule has 1 aliphatic carbocycles. The molecule has 120 valence electrons. The Morgan fingerprint density at radius 1 is 1.26 bits per heavy atom. The number of hydrogen-bond acceptors (Lipinski definition) is 4. The number of fused-ring (bicyclic) bond motifs is 1. The second-order valence-electron chi connectivity index (χ2n) is 5.37. The highest BCUT2D eigenvalue weighted by Gasteiger charge is 2.32. The molecule has 0 radical (unpaired) electrons. The number of nitrogens with zero attached hydrogens (tertiary/aromatic N) is 1. The summed E-state index contributed by atoms with van der Waals surface area (Å²) in [5.41, 5.74) is 0.640. The van der Waals surface area contributed by atoms with E-state index in [9.17, 15) is 18.4 Å². The van der Waals surface area contributed by atoms with Crippen LogP contribution in [0.15, 0.2) is 53.8 Å². The molecule has 0 spiro atoms. The molecule has 1 heterocycles. The fraction of sp³-hybridized carbons (Fsp3) is 0.250. The molecule has 0 aromatic heterocycles. The van der Waals surface area contributed by atoms with Gasteiger partial charge in [0.05, 0.1) is 5.56 Å². The van der Waals surface area contributed by atoms with Crippen LogP contribution >= 0.6 is 0 Å². The Balaban J connectivity index is 1.74. The fourth-order valence-corrected chi connectivity index (χ4v) is 2.54. The van der Waals surface area contributed by atoms with Crippen LogP contribution in [0.3, 0.4) is 0 Å². The van der Waals surface area contributed by atoms with E-state index in [0.717, 1.165) is 6.08 Å². The number of amides is 1. The second-order valence-corrected chi connectivity index (χ2v) is 5.37. The summed E-state index contributed by atoms with van der Waals surface area (Å²) in [6, 6.07) is 8.32. The molecular weight excluding hydrogens is 306 g/mol. The van der Waals surface area contributed by atoms with Gasteiger partial charge in [0.2, 0.25) is 5.91 Å². The summed E-state index contributed by atoms with van der Waals surface area (Å²) in [6.07, 6.45) is 0.793. The number of carbonyl (C=O) groups is 2. The summed E-state index contributed by atoms with van der Waals surface area (Å²) in [5.74, 6) is -3.39. The molecular formula is C16H14F2N2O3. The number of hydroxylamine groups is 2. The van der Waals surface area contributed by atoms with Crippen LogP contribution in [0.5, 0.6) is 0 Å². The normalized spacial score (nSPS) is 21.9. The molecule has 1 fully saturated rings. The van der Waals surface area contributed by atoms with E-state index >= 15 is 0 Å². The number of rotatable bonds is 2. The van der Waals surface area contributed by atoms with Crippen molar-refractivity contribution in [2.75, 3.05) is 13.1 Å². The number of benzene rings is 1. The first-order valence-electron chi connectivity index (χ1n) is 7.11. The third-order valence-electron chi connectivity index (χ3n) is 3.66. The van der Waals surface area contributed by atoms with Gasteiger partial charge in [-0.1, -0.05) is 18.2 Å². The number of carbonyl (C=O) groups excluding carboxylic acids is 2. The Labute approximate surface area is 131 Å². The molecule has 1 amide bonds. The zero-order valence-electron chi connectivity index (χ0n) is 12.1. The number of allylic oxidation sites excluding steroid dienone is 3. The molecule has 2 aliphatic rings. The third kappa shape index (κ3) is 3.45. The second kappa shape index (κ2) is 6.29. The Bertz CT molecular complexity index is 701. The van der Waals surface area contributed by atoms with Crippen LogP contribution in [0.25, 0.3) is 0 Å². The topological polar surface area (TPSA) is 58.6 Å². The van der Waals surface area contributed by atoms with E-state index in [2.05, 4.69) is 5.32 Å². The van der Waals surface area contributed by atoms with E-state index in [-0.39, 0.29) is 19.5 Å². The molecule has 1 aromatic carbocycles. The molecule has 7 heteroatoms. The molecule has 1 aliphatic heterocycles. The van der Waals surface area contributed by atoms with Gasteiger partial charge in [-0.3, -0.25) is 4.79 Å². The Morgan fingerprint density at radius 3 is 2.74 bits per heavy atom. The number of nitrogens with one attached hydrogen (secondary N) is 1. The molecule has 1 N–H and O–H groups in total. The van der Waals surface area contributed by atoms with Gasteiger partial charge in [-0.2, -0.15) is 0 Å². The zero-order chi connectivity index (χ0) is 16.4. The van der Waals surface area contributed by atoms with Crippen LogP contribution in [0, 0.1) is 5.92 Å². The number of hydrogen-bond donors (Lipinski definition) is 1. The van der Waals surface area contributed by atoms with E-state index in [4.69, 9.17) is 4.84 Å². The van der Waals surface area contributed by atoms with Crippen LogP contribution in [-0.2, 0) is 9.63 Å². The predicted molar refractivity (Wildman–Crippen MR) is 77.0 cm³/mol. The average Bonchev–Trinajstić information content (AvgIpc) is 2.66. The smallest absolute Gasteiger partial charge is 0.357 e. The fourth-order valence-electron chi connectivity index (χ4n) is 2.54. The van der Waals surface area contributed by atoms with Gasteiger partial charge in [-0.25, -0.2) is 13.6 Å². The van der Waals surface area contributed by atoms with Crippen molar-refractivity contribution >= 4 is 11.9 Å². The molecule has 1 saturated heterocycles. The van der Waals surface area contributed by atoms with Crippen molar-refractivity contribution in [2.24, 2.45) is 5.92 Å². The maximum absolute atomic E-state index is 13.5. The van der Waals surface area contributed by atoms with Crippen LogP contribution in [0.4, 0.5) is 8.78 Å². The van der Waals surface area contributed by atoms with E-state index in [0.29, 0.717) is 11.3 Å². The van der Waals surface area contributed by atoms with Crippen molar-refractivity contribution in [2.45, 2.75) is 6.42 Å². The summed E-state index contributed by atoms with van der Waals surface area (Å²) in [7, 11) is 0. The first-order valence-corrected chi connectivity index (χ1v) is 7.11. The maximum Gasteiger partial charge on any atom is 0.357 e. The third-order valence-corrected chi connectivity index (χ3v) is 3.66. The van der Waals surface area contributed by atoms with Crippen LogP contribution in [0.2, 0.25) is 0 Å². The summed E-state index contributed by atoms with van der Waals surface area (Å²) in [4.78, 5) is 29.1. The zero-order valence-corrected chi connectivity index (χ0v) is 12.1. The van der Waals surface area contributed by atoms with Gasteiger partial charge in [0, 0.05) is 24.6 Å². The molecule has 0 bridgehead atoms. The summed E-state index contributed by atoms with van der Waals surface area (Å²) >= 11 is 0. The molecule has 1 aromatic rings. The molecule has 0 saturated carbocycles. The largest absolute Gasteiger partial charge is 0.363 e. The van der Waals surface area contributed by atoms with Crippen molar-refractivity contribution in [1.29, 1.82) is 0 Å². The van der Waals surface area contributed by atoms with E-state index in [1.165, 1.54) is 5.06 Å². The van der Waals surface area contributed by atoms with Gasteiger partial charge in [-0.05, 0) is 18.2 Å². The van der Waals surface area contributed by atoms with Crippen molar-refractivity contribution in [1.82, 2.24) is 10.4 Å². The Hall–Kier alpha value is -2.54. The highest BCUT2D eigenvalue weighted by atomic mass is 19.2. The van der Waals surface area contributed by atoms with Gasteiger partial charge in [-0.15, -0.1) is 5.06 Å².